The summed E-state index contributed by atoms with van der Waals surface area (Å²) in [5, 5.41) is 2.77. The Morgan fingerprint density at radius 3 is 2.41 bits per heavy atom. The number of hydrogen-bond donors (Lipinski definition) is 1. The fourth-order valence-electron chi connectivity index (χ4n) is 4.64. The van der Waals surface area contributed by atoms with E-state index >= 15 is 0 Å². The molecule has 0 aromatic heterocycles. The lowest BCUT2D eigenvalue weighted by Crippen LogP contribution is -2.57. The Morgan fingerprint density at radius 1 is 0.974 bits per heavy atom. The molecule has 0 bridgehead atoms. The number of unbranched alkanes of at least 4 members (excludes halogenated alkanes) is 7. The van der Waals surface area contributed by atoms with Crippen LogP contribution in [0.25, 0.3) is 0 Å². The lowest BCUT2D eigenvalue weighted by atomic mass is 10.1. The number of ether oxygens (including phenoxy) is 2. The van der Waals surface area contributed by atoms with E-state index < -0.39 is 12.0 Å². The third kappa shape index (κ3) is 10.3. The minimum absolute atomic E-state index is 0.156. The van der Waals surface area contributed by atoms with Crippen molar-refractivity contribution in [2.45, 2.75) is 77.2 Å². The molecule has 212 valence electrons. The van der Waals surface area contributed by atoms with Crippen molar-refractivity contribution in [3.63, 3.8) is 0 Å². The minimum atomic E-state index is -0.891. The molecule has 1 aliphatic heterocycles. The normalized spacial score (nSPS) is 15.1. The van der Waals surface area contributed by atoms with E-state index in [0.717, 1.165) is 25.7 Å². The summed E-state index contributed by atoms with van der Waals surface area (Å²) in [4.78, 5) is 39.9. The van der Waals surface area contributed by atoms with E-state index in [2.05, 4.69) is 40.3 Å². The Bertz CT molecular complexity index is 1060. The largest absolute Gasteiger partial charge is 0.492 e. The van der Waals surface area contributed by atoms with Crippen molar-refractivity contribution in [2.24, 2.45) is 0 Å². The van der Waals surface area contributed by atoms with Crippen molar-refractivity contribution >= 4 is 33.7 Å². The number of nitrogens with zero attached hydrogens (tertiary/aromatic N) is 1. The monoisotopic (exact) mass is 600 g/mol. The first-order valence-corrected chi connectivity index (χ1v) is 15.0. The van der Waals surface area contributed by atoms with Crippen LogP contribution in [0, 0.1) is 0 Å². The van der Waals surface area contributed by atoms with Crippen LogP contribution in [0.15, 0.2) is 53.0 Å². The highest BCUT2D eigenvalue weighted by Gasteiger charge is 2.35. The Balaban J connectivity index is 1.47. The Labute approximate surface area is 240 Å². The zero-order valence-electron chi connectivity index (χ0n) is 23.0. The number of carbonyl (C=O) groups excluding carboxylic acids is 3. The topological polar surface area (TPSA) is 84.9 Å². The van der Waals surface area contributed by atoms with Gasteiger partial charge in [-0.1, -0.05) is 82.2 Å². The van der Waals surface area contributed by atoms with Gasteiger partial charge in [0, 0.05) is 25.1 Å². The number of halogens is 1. The van der Waals surface area contributed by atoms with Crippen LogP contribution >= 0.6 is 15.9 Å². The first kappa shape index (κ1) is 30.7. The number of amides is 2. The molecule has 8 heteroatoms. The van der Waals surface area contributed by atoms with Gasteiger partial charge in [-0.3, -0.25) is 14.4 Å². The smallest absolute Gasteiger partial charge is 0.308 e. The third-order valence-corrected chi connectivity index (χ3v) is 7.50. The number of hydrogen-bond acceptors (Lipinski definition) is 5. The first-order chi connectivity index (χ1) is 19.0. The first-order valence-electron chi connectivity index (χ1n) is 14.2. The van der Waals surface area contributed by atoms with Crippen LogP contribution in [0.3, 0.4) is 0 Å². The summed E-state index contributed by atoms with van der Waals surface area (Å²) in [5.74, 6) is -0.457. The maximum absolute atomic E-state index is 13.4. The minimum Gasteiger partial charge on any atom is -0.492 e. The third-order valence-electron chi connectivity index (χ3n) is 6.88. The van der Waals surface area contributed by atoms with Gasteiger partial charge in [0.2, 0.25) is 5.91 Å². The van der Waals surface area contributed by atoms with Crippen LogP contribution in [0.5, 0.6) is 5.75 Å². The average Bonchev–Trinajstić information content (AvgIpc) is 2.94. The Morgan fingerprint density at radius 2 is 1.69 bits per heavy atom. The van der Waals surface area contributed by atoms with E-state index in [9.17, 15) is 14.4 Å². The van der Waals surface area contributed by atoms with Gasteiger partial charge >= 0.3 is 5.97 Å². The van der Waals surface area contributed by atoms with Crippen LogP contribution in [-0.4, -0.2) is 55.0 Å². The van der Waals surface area contributed by atoms with Gasteiger partial charge in [-0.2, -0.15) is 0 Å². The quantitative estimate of drug-likeness (QED) is 0.186. The zero-order chi connectivity index (χ0) is 27.9. The number of benzene rings is 2. The van der Waals surface area contributed by atoms with Gasteiger partial charge in [-0.05, 0) is 46.1 Å². The molecule has 0 spiro atoms. The summed E-state index contributed by atoms with van der Waals surface area (Å²) in [6.45, 7) is 3.73. The predicted octanol–water partition coefficient (Wildman–Crippen LogP) is 6.09. The number of carbonyl (C=O) groups is 3. The number of nitrogens with one attached hydrogen (secondary N) is 1. The second-order valence-corrected chi connectivity index (χ2v) is 10.8. The van der Waals surface area contributed by atoms with Gasteiger partial charge in [0.25, 0.3) is 5.91 Å². The molecule has 1 fully saturated rings. The fourth-order valence-corrected chi connectivity index (χ4v) is 5.13. The van der Waals surface area contributed by atoms with Crippen LogP contribution in [0.4, 0.5) is 0 Å². The maximum Gasteiger partial charge on any atom is 0.308 e. The van der Waals surface area contributed by atoms with Gasteiger partial charge in [-0.25, -0.2) is 0 Å². The van der Waals surface area contributed by atoms with Crippen molar-refractivity contribution in [1.82, 2.24) is 10.2 Å². The number of esters is 1. The molecule has 0 aliphatic carbocycles. The highest BCUT2D eigenvalue weighted by atomic mass is 79.9. The summed E-state index contributed by atoms with van der Waals surface area (Å²) in [6.07, 6.45) is 9.88. The number of rotatable bonds is 16. The van der Waals surface area contributed by atoms with Gasteiger partial charge in [0.15, 0.2) is 0 Å². The second kappa shape index (κ2) is 17.0. The van der Waals surface area contributed by atoms with E-state index in [4.69, 9.17) is 9.47 Å². The second-order valence-electron chi connectivity index (χ2n) is 9.93. The van der Waals surface area contributed by atoms with Crippen LogP contribution in [-0.2, 0) is 20.7 Å². The molecule has 1 N–H and O–H groups in total. The molecule has 2 amide bonds. The van der Waals surface area contributed by atoms with Crippen molar-refractivity contribution in [3.05, 3.63) is 64.1 Å². The SMILES string of the molecule is CCCCCCCCCCOC(=O)CC1C(=O)NCCN1C(=O)c1ccc(OCCc2ccccc2)c(Br)c1. The maximum atomic E-state index is 13.4. The predicted molar refractivity (Wildman–Crippen MR) is 156 cm³/mol. The van der Waals surface area contributed by atoms with Crippen molar-refractivity contribution in [2.75, 3.05) is 26.3 Å². The lowest BCUT2D eigenvalue weighted by Gasteiger charge is -2.34. The molecule has 1 heterocycles. The van der Waals surface area contributed by atoms with E-state index in [-0.39, 0.29) is 18.2 Å². The molecule has 2 aromatic carbocycles. The van der Waals surface area contributed by atoms with E-state index in [1.807, 2.05) is 18.2 Å². The van der Waals surface area contributed by atoms with Crippen LogP contribution in [0.1, 0.15) is 80.6 Å². The van der Waals surface area contributed by atoms with Crippen molar-refractivity contribution in [3.8, 4) is 5.75 Å². The fraction of sp³-hybridized carbons (Fsp3) is 0.516. The van der Waals surface area contributed by atoms with Crippen molar-refractivity contribution in [1.29, 1.82) is 0 Å². The Kier molecular flexibility index (Phi) is 13.3. The van der Waals surface area contributed by atoms with E-state index in [1.54, 1.807) is 18.2 Å². The van der Waals surface area contributed by atoms with E-state index in [1.165, 1.54) is 42.6 Å². The Hall–Kier alpha value is -2.87. The van der Waals surface area contributed by atoms with E-state index in [0.29, 0.717) is 42.1 Å². The molecule has 39 heavy (non-hydrogen) atoms. The summed E-state index contributed by atoms with van der Waals surface area (Å²) < 4.78 is 12.0. The van der Waals surface area contributed by atoms with Crippen LogP contribution in [0.2, 0.25) is 0 Å². The zero-order valence-corrected chi connectivity index (χ0v) is 24.5. The van der Waals surface area contributed by atoms with Gasteiger partial charge < -0.3 is 19.7 Å². The lowest BCUT2D eigenvalue weighted by molar-refractivity contribution is -0.147. The summed E-state index contributed by atoms with van der Waals surface area (Å²) >= 11 is 3.51. The molecule has 0 saturated carbocycles. The molecule has 0 radical (unpaired) electrons. The van der Waals surface area contributed by atoms with Crippen molar-refractivity contribution < 1.29 is 23.9 Å². The molecular weight excluding hydrogens is 560 g/mol. The molecular formula is C31H41BrN2O5. The highest BCUT2D eigenvalue weighted by Crippen LogP contribution is 2.27. The summed E-state index contributed by atoms with van der Waals surface area (Å²) in [6, 6.07) is 14.3. The average molecular weight is 602 g/mol. The molecule has 2 aromatic rings. The van der Waals surface area contributed by atoms with Crippen LogP contribution < -0.4 is 10.1 Å². The van der Waals surface area contributed by atoms with Gasteiger partial charge in [0.05, 0.1) is 24.1 Å². The van der Waals surface area contributed by atoms with Gasteiger partial charge in [-0.15, -0.1) is 0 Å². The molecule has 1 aliphatic rings. The standard InChI is InChI=1S/C31H41BrN2O5/c1-2-3-4-5-6-7-8-12-20-39-29(35)23-27-30(36)33-18-19-34(27)31(37)25-15-16-28(26(32)22-25)38-21-17-24-13-10-9-11-14-24/h9-11,13-16,22,27H,2-8,12,17-21,23H2,1H3,(H,33,36). The molecule has 1 atom stereocenters. The highest BCUT2D eigenvalue weighted by molar-refractivity contribution is 9.10. The summed E-state index contributed by atoms with van der Waals surface area (Å²) in [7, 11) is 0. The molecule has 1 unspecified atom stereocenters. The molecule has 7 nitrogen and oxygen atoms in total. The number of piperazine rings is 1. The summed E-state index contributed by atoms with van der Waals surface area (Å²) in [5.41, 5.74) is 1.61. The molecule has 3 rings (SSSR count). The van der Waals surface area contributed by atoms with Gasteiger partial charge in [0.1, 0.15) is 11.8 Å². The molecule has 1 saturated heterocycles.